The predicted octanol–water partition coefficient (Wildman–Crippen LogP) is -2.24. The Morgan fingerprint density at radius 1 is 1.09 bits per heavy atom. The van der Waals surface area contributed by atoms with Crippen LogP contribution in [0.4, 0.5) is 0 Å². The van der Waals surface area contributed by atoms with E-state index < -0.39 is 5.54 Å². The Labute approximate surface area is 149 Å². The number of hydrogen-bond acceptors (Lipinski definition) is 3. The maximum atomic E-state index is 13.0. The van der Waals surface area contributed by atoms with E-state index in [4.69, 9.17) is 0 Å². The molecule has 0 spiro atoms. The van der Waals surface area contributed by atoms with Crippen LogP contribution in [0, 0.1) is 0 Å². The second-order valence-electron chi connectivity index (χ2n) is 5.76. The van der Waals surface area contributed by atoms with Crippen LogP contribution in [0.25, 0.3) is 12.5 Å². The van der Waals surface area contributed by atoms with Crippen LogP contribution in [0.15, 0.2) is 54.6 Å². The minimum atomic E-state index is -0.524. The van der Waals surface area contributed by atoms with E-state index in [0.717, 1.165) is 5.56 Å². The van der Waals surface area contributed by atoms with Crippen LogP contribution < -0.4 is 34.4 Å². The zero-order valence-corrected chi connectivity index (χ0v) is 14.1. The number of aliphatic hydroxyl groups excluding tert-OH is 1. The summed E-state index contributed by atoms with van der Waals surface area (Å²) in [5.74, 6) is -0.117. The van der Waals surface area contributed by atoms with Gasteiger partial charge in [-0.1, -0.05) is 61.2 Å². The van der Waals surface area contributed by atoms with Gasteiger partial charge >= 0.3 is 18.9 Å². The zero-order chi connectivity index (χ0) is 16.2. The van der Waals surface area contributed by atoms with Crippen molar-refractivity contribution in [2.45, 2.75) is 19.4 Å². The van der Waals surface area contributed by atoms with Crippen LogP contribution in [0.1, 0.15) is 19.4 Å². The number of aliphatic hydroxyl groups is 1. The third-order valence-corrected chi connectivity index (χ3v) is 3.97. The molecule has 0 aliphatic carbocycles. The fourth-order valence-electron chi connectivity index (χ4n) is 2.61. The minimum absolute atomic E-state index is 0. The van der Waals surface area contributed by atoms with E-state index in [2.05, 4.69) is 6.58 Å². The molecule has 0 aromatic heterocycles. The summed E-state index contributed by atoms with van der Waals surface area (Å²) in [5, 5.41) is 23.6. The molecule has 116 valence electrons. The van der Waals surface area contributed by atoms with Gasteiger partial charge in [-0.3, -0.25) is 0 Å². The van der Waals surface area contributed by atoms with Crippen molar-refractivity contribution in [3.05, 3.63) is 70.6 Å². The van der Waals surface area contributed by atoms with Gasteiger partial charge in [0, 0.05) is 6.54 Å². The SMILES string of the molecule is C=c1cccc/c1=C(/[O-])N(CCO)C(C)(C)c1ccccc1.[Li+]. The molecular formula is C19H22LiNO2. The van der Waals surface area contributed by atoms with Crippen molar-refractivity contribution in [3.8, 4) is 0 Å². The molecule has 0 radical (unpaired) electrons. The van der Waals surface area contributed by atoms with Crippen LogP contribution in [0.3, 0.4) is 0 Å². The Bertz CT molecular complexity index is 729. The van der Waals surface area contributed by atoms with E-state index in [-0.39, 0.29) is 37.9 Å². The summed E-state index contributed by atoms with van der Waals surface area (Å²) in [6.07, 6.45) is 0. The maximum Gasteiger partial charge on any atom is 1.00 e. The third-order valence-electron chi connectivity index (χ3n) is 3.97. The monoisotopic (exact) mass is 303 g/mol. The maximum absolute atomic E-state index is 13.0. The van der Waals surface area contributed by atoms with Gasteiger partial charge in [0.15, 0.2) is 0 Å². The molecule has 1 N–H and O–H groups in total. The van der Waals surface area contributed by atoms with E-state index in [9.17, 15) is 10.2 Å². The Kier molecular flexibility index (Phi) is 6.96. The van der Waals surface area contributed by atoms with Gasteiger partial charge in [0.2, 0.25) is 0 Å². The normalized spacial score (nSPS) is 12.3. The molecular weight excluding hydrogens is 281 g/mol. The predicted molar refractivity (Wildman–Crippen MR) is 87.9 cm³/mol. The number of benzene rings is 2. The van der Waals surface area contributed by atoms with Crippen LogP contribution in [-0.4, -0.2) is 23.2 Å². The summed E-state index contributed by atoms with van der Waals surface area (Å²) >= 11 is 0. The Balaban J connectivity index is 0.00000264. The molecule has 0 unspecified atom stereocenters. The molecule has 2 rings (SSSR count). The first-order valence-corrected chi connectivity index (χ1v) is 7.38. The second kappa shape index (κ2) is 8.26. The van der Waals surface area contributed by atoms with Gasteiger partial charge in [0.25, 0.3) is 0 Å². The van der Waals surface area contributed by atoms with E-state index in [1.807, 2.05) is 62.4 Å². The Morgan fingerprint density at radius 3 is 2.22 bits per heavy atom. The fourth-order valence-corrected chi connectivity index (χ4v) is 2.61. The van der Waals surface area contributed by atoms with Crippen molar-refractivity contribution in [1.29, 1.82) is 0 Å². The third kappa shape index (κ3) is 4.20. The number of hydrogen-bond donors (Lipinski definition) is 1. The zero-order valence-electron chi connectivity index (χ0n) is 14.1. The molecule has 0 saturated heterocycles. The van der Waals surface area contributed by atoms with E-state index >= 15 is 0 Å². The van der Waals surface area contributed by atoms with Gasteiger partial charge in [-0.05, 0) is 35.7 Å². The Hall–Kier alpha value is -1.66. The van der Waals surface area contributed by atoms with Crippen molar-refractivity contribution in [2.75, 3.05) is 13.2 Å². The molecule has 4 heteroatoms. The average Bonchev–Trinajstić information content (AvgIpc) is 2.53. The molecule has 0 atom stereocenters. The summed E-state index contributed by atoms with van der Waals surface area (Å²) in [7, 11) is 0. The molecule has 0 saturated carbocycles. The topological polar surface area (TPSA) is 46.5 Å². The minimum Gasteiger partial charge on any atom is -0.860 e. The van der Waals surface area contributed by atoms with Crippen LogP contribution in [0.2, 0.25) is 0 Å². The molecule has 0 amide bonds. The molecule has 0 bridgehead atoms. The largest absolute Gasteiger partial charge is 1.00 e. The average molecular weight is 303 g/mol. The summed E-state index contributed by atoms with van der Waals surface area (Å²) in [5.41, 5.74) is 0.502. The fraction of sp³-hybridized carbons (Fsp3) is 0.263. The van der Waals surface area contributed by atoms with Gasteiger partial charge in [-0.2, -0.15) is 0 Å². The molecule has 0 aliphatic rings. The van der Waals surface area contributed by atoms with Gasteiger partial charge in [0.1, 0.15) is 0 Å². The van der Waals surface area contributed by atoms with Crippen molar-refractivity contribution >= 4 is 12.5 Å². The molecule has 0 heterocycles. The molecule has 2 aromatic rings. The summed E-state index contributed by atoms with van der Waals surface area (Å²) < 4.78 is 0. The van der Waals surface area contributed by atoms with E-state index in [1.165, 1.54) is 0 Å². The summed E-state index contributed by atoms with van der Waals surface area (Å²) in [4.78, 5) is 1.70. The van der Waals surface area contributed by atoms with E-state index in [0.29, 0.717) is 10.4 Å². The van der Waals surface area contributed by atoms with Crippen molar-refractivity contribution in [1.82, 2.24) is 4.90 Å². The standard InChI is InChI=1S/C19H23NO2.Li/c1-15-9-7-8-12-17(15)18(22)20(13-14-21)19(2,3)16-10-5-4-6-11-16;/h4-12,21-22H,1,13-14H2,2-3H3;/q;+1/p-1/b18-17-;. The van der Waals surface area contributed by atoms with Gasteiger partial charge in [-0.15, -0.1) is 0 Å². The quantitative estimate of drug-likeness (QED) is 0.635. The van der Waals surface area contributed by atoms with Crippen molar-refractivity contribution in [2.24, 2.45) is 0 Å². The molecule has 23 heavy (non-hydrogen) atoms. The van der Waals surface area contributed by atoms with Crippen LogP contribution in [0.5, 0.6) is 0 Å². The van der Waals surface area contributed by atoms with Gasteiger partial charge < -0.3 is 15.1 Å². The second-order valence-corrected chi connectivity index (χ2v) is 5.76. The number of nitrogens with zero attached hydrogens (tertiary/aromatic N) is 1. The van der Waals surface area contributed by atoms with Crippen molar-refractivity contribution in [3.63, 3.8) is 0 Å². The molecule has 0 fully saturated rings. The Morgan fingerprint density at radius 2 is 1.65 bits per heavy atom. The summed E-state index contributed by atoms with van der Waals surface area (Å²) in [6.45, 7) is 8.10. The molecule has 0 aliphatic heterocycles. The summed E-state index contributed by atoms with van der Waals surface area (Å²) in [6, 6.07) is 17.1. The van der Waals surface area contributed by atoms with Crippen LogP contribution in [-0.2, 0) is 5.54 Å². The van der Waals surface area contributed by atoms with E-state index in [1.54, 1.807) is 11.0 Å². The number of rotatable bonds is 5. The first-order valence-electron chi connectivity index (χ1n) is 7.38. The molecule has 2 aromatic carbocycles. The first-order chi connectivity index (χ1) is 10.5. The van der Waals surface area contributed by atoms with Crippen LogP contribution >= 0.6 is 0 Å². The van der Waals surface area contributed by atoms with Crippen molar-refractivity contribution < 1.29 is 29.1 Å². The molecule has 3 nitrogen and oxygen atoms in total. The van der Waals surface area contributed by atoms with Gasteiger partial charge in [0.05, 0.1) is 12.1 Å². The first kappa shape index (κ1) is 19.4. The van der Waals surface area contributed by atoms with Gasteiger partial charge in [-0.25, -0.2) is 0 Å². The smallest absolute Gasteiger partial charge is 0.860 e.